The highest BCUT2D eigenvalue weighted by molar-refractivity contribution is 4.95. The van der Waals surface area contributed by atoms with Crippen molar-refractivity contribution in [3.63, 3.8) is 0 Å². The number of likely N-dealkylation sites (tertiary alicyclic amines) is 1. The topological polar surface area (TPSA) is 35.5 Å². The number of rotatable bonds is 1. The molecule has 3 heteroatoms. The van der Waals surface area contributed by atoms with Gasteiger partial charge in [-0.1, -0.05) is 12.8 Å². The summed E-state index contributed by atoms with van der Waals surface area (Å²) >= 11 is 0. The van der Waals surface area contributed by atoms with Crippen molar-refractivity contribution in [3.05, 3.63) is 0 Å². The van der Waals surface area contributed by atoms with Gasteiger partial charge >= 0.3 is 0 Å². The standard InChI is InChI=1S/C13H24N2O/c16-12-10-14-9-11(12)15-7-5-13(6-8-15)3-1-2-4-13/h11-12,14,16H,1-10H2. The van der Waals surface area contributed by atoms with Gasteiger partial charge in [0.25, 0.3) is 0 Å². The Kier molecular flexibility index (Phi) is 2.94. The maximum atomic E-state index is 9.89. The third-order valence-corrected chi connectivity index (χ3v) is 5.14. The van der Waals surface area contributed by atoms with E-state index in [2.05, 4.69) is 10.2 Å². The summed E-state index contributed by atoms with van der Waals surface area (Å²) in [7, 11) is 0. The number of aliphatic hydroxyl groups excluding tert-OH is 1. The summed E-state index contributed by atoms with van der Waals surface area (Å²) in [6, 6.07) is 0.388. The van der Waals surface area contributed by atoms with Crippen LogP contribution in [-0.2, 0) is 0 Å². The molecule has 92 valence electrons. The molecule has 0 aromatic rings. The van der Waals surface area contributed by atoms with Gasteiger partial charge in [0.05, 0.1) is 6.10 Å². The minimum absolute atomic E-state index is 0.141. The first-order valence-corrected chi connectivity index (χ1v) is 6.92. The summed E-state index contributed by atoms with van der Waals surface area (Å²) < 4.78 is 0. The van der Waals surface area contributed by atoms with E-state index in [1.165, 1.54) is 51.6 Å². The Morgan fingerprint density at radius 2 is 1.69 bits per heavy atom. The van der Waals surface area contributed by atoms with E-state index in [0.717, 1.165) is 13.1 Å². The molecule has 2 unspecified atom stereocenters. The summed E-state index contributed by atoms with van der Waals surface area (Å²) in [6.45, 7) is 4.19. The van der Waals surface area contributed by atoms with E-state index in [1.54, 1.807) is 0 Å². The summed E-state index contributed by atoms with van der Waals surface area (Å²) in [5, 5.41) is 13.2. The minimum Gasteiger partial charge on any atom is -0.390 e. The lowest BCUT2D eigenvalue weighted by molar-refractivity contribution is 0.0327. The number of aliphatic hydroxyl groups is 1. The molecule has 2 atom stereocenters. The number of nitrogens with one attached hydrogen (secondary N) is 1. The van der Waals surface area contributed by atoms with E-state index < -0.39 is 0 Å². The van der Waals surface area contributed by atoms with Gasteiger partial charge in [0.15, 0.2) is 0 Å². The van der Waals surface area contributed by atoms with Crippen LogP contribution in [0, 0.1) is 5.41 Å². The molecule has 2 aliphatic heterocycles. The van der Waals surface area contributed by atoms with Gasteiger partial charge in [-0.05, 0) is 44.2 Å². The number of nitrogens with zero attached hydrogens (tertiary/aromatic N) is 1. The Balaban J connectivity index is 1.57. The van der Waals surface area contributed by atoms with Crippen LogP contribution in [0.3, 0.4) is 0 Å². The SMILES string of the molecule is OC1CNCC1N1CCC2(CCCC2)CC1. The summed E-state index contributed by atoms with van der Waals surface area (Å²) in [5.74, 6) is 0. The molecule has 0 amide bonds. The maximum Gasteiger partial charge on any atom is 0.0831 e. The van der Waals surface area contributed by atoms with Gasteiger partial charge in [-0.15, -0.1) is 0 Å². The largest absolute Gasteiger partial charge is 0.390 e. The van der Waals surface area contributed by atoms with Crippen LogP contribution in [0.2, 0.25) is 0 Å². The third-order valence-electron chi connectivity index (χ3n) is 5.14. The zero-order valence-electron chi connectivity index (χ0n) is 10.1. The van der Waals surface area contributed by atoms with Crippen LogP contribution in [0.25, 0.3) is 0 Å². The average molecular weight is 224 g/mol. The second kappa shape index (κ2) is 4.28. The molecule has 1 spiro atoms. The van der Waals surface area contributed by atoms with Crippen molar-refractivity contribution in [2.75, 3.05) is 26.2 Å². The van der Waals surface area contributed by atoms with Crippen molar-refractivity contribution in [1.29, 1.82) is 0 Å². The van der Waals surface area contributed by atoms with Crippen LogP contribution < -0.4 is 5.32 Å². The first kappa shape index (κ1) is 11.0. The van der Waals surface area contributed by atoms with Gasteiger partial charge in [0.1, 0.15) is 0 Å². The number of hydrogen-bond acceptors (Lipinski definition) is 3. The van der Waals surface area contributed by atoms with Gasteiger partial charge in [-0.25, -0.2) is 0 Å². The molecule has 0 bridgehead atoms. The predicted octanol–water partition coefficient (Wildman–Crippen LogP) is 0.975. The summed E-state index contributed by atoms with van der Waals surface area (Å²) in [4.78, 5) is 2.52. The van der Waals surface area contributed by atoms with Crippen molar-refractivity contribution in [2.45, 2.75) is 50.7 Å². The van der Waals surface area contributed by atoms with Crippen LogP contribution >= 0.6 is 0 Å². The number of piperidine rings is 1. The van der Waals surface area contributed by atoms with E-state index in [4.69, 9.17) is 0 Å². The molecule has 2 heterocycles. The fourth-order valence-corrected chi connectivity index (χ4v) is 3.98. The van der Waals surface area contributed by atoms with Crippen molar-refractivity contribution >= 4 is 0 Å². The zero-order valence-corrected chi connectivity index (χ0v) is 10.1. The molecule has 3 aliphatic rings. The Morgan fingerprint density at radius 1 is 1.00 bits per heavy atom. The van der Waals surface area contributed by atoms with E-state index in [0.29, 0.717) is 11.5 Å². The lowest BCUT2D eigenvalue weighted by atomic mass is 9.76. The Morgan fingerprint density at radius 3 is 2.25 bits per heavy atom. The van der Waals surface area contributed by atoms with Gasteiger partial charge < -0.3 is 10.4 Å². The number of β-amino-alcohol motifs (C(OH)–C–C–N with tert-alkyl or cyclic N) is 1. The Labute approximate surface area is 98.2 Å². The molecule has 0 aromatic heterocycles. The van der Waals surface area contributed by atoms with E-state index in [-0.39, 0.29) is 6.10 Å². The molecular formula is C13H24N2O. The van der Waals surface area contributed by atoms with E-state index in [1.807, 2.05) is 0 Å². The van der Waals surface area contributed by atoms with Crippen LogP contribution in [0.5, 0.6) is 0 Å². The first-order valence-electron chi connectivity index (χ1n) is 6.92. The molecule has 3 fully saturated rings. The smallest absolute Gasteiger partial charge is 0.0831 e. The molecule has 0 radical (unpaired) electrons. The molecule has 2 saturated heterocycles. The molecule has 2 N–H and O–H groups in total. The molecule has 3 rings (SSSR count). The first-order chi connectivity index (χ1) is 7.79. The maximum absolute atomic E-state index is 9.89. The fourth-order valence-electron chi connectivity index (χ4n) is 3.98. The van der Waals surface area contributed by atoms with E-state index >= 15 is 0 Å². The molecule has 1 aliphatic carbocycles. The zero-order chi connectivity index (χ0) is 11.0. The predicted molar refractivity (Wildman–Crippen MR) is 64.4 cm³/mol. The lowest BCUT2D eigenvalue weighted by Gasteiger charge is -2.42. The molecular weight excluding hydrogens is 200 g/mol. The minimum atomic E-state index is -0.141. The second-order valence-electron chi connectivity index (χ2n) is 6.04. The van der Waals surface area contributed by atoms with Crippen LogP contribution in [0.1, 0.15) is 38.5 Å². The highest BCUT2D eigenvalue weighted by Gasteiger charge is 2.40. The van der Waals surface area contributed by atoms with Crippen LogP contribution in [0.4, 0.5) is 0 Å². The normalized spacial score (nSPS) is 39.6. The fraction of sp³-hybridized carbons (Fsp3) is 1.00. The van der Waals surface area contributed by atoms with Crippen molar-refractivity contribution < 1.29 is 5.11 Å². The average Bonchev–Trinajstić information content (AvgIpc) is 2.90. The summed E-state index contributed by atoms with van der Waals surface area (Å²) in [5.41, 5.74) is 0.702. The molecule has 16 heavy (non-hydrogen) atoms. The third kappa shape index (κ3) is 1.89. The van der Waals surface area contributed by atoms with Gasteiger partial charge in [-0.2, -0.15) is 0 Å². The Hall–Kier alpha value is -0.120. The van der Waals surface area contributed by atoms with Gasteiger partial charge in [-0.3, -0.25) is 4.90 Å². The monoisotopic (exact) mass is 224 g/mol. The Bertz CT molecular complexity index is 240. The highest BCUT2D eigenvalue weighted by atomic mass is 16.3. The highest BCUT2D eigenvalue weighted by Crippen LogP contribution is 2.46. The molecule has 3 nitrogen and oxygen atoms in total. The van der Waals surface area contributed by atoms with Crippen LogP contribution in [0.15, 0.2) is 0 Å². The summed E-state index contributed by atoms with van der Waals surface area (Å²) in [6.07, 6.45) is 8.43. The van der Waals surface area contributed by atoms with Crippen molar-refractivity contribution in [3.8, 4) is 0 Å². The second-order valence-corrected chi connectivity index (χ2v) is 6.04. The quantitative estimate of drug-likeness (QED) is 0.697. The lowest BCUT2D eigenvalue weighted by Crippen LogP contribution is -2.49. The van der Waals surface area contributed by atoms with Gasteiger partial charge in [0, 0.05) is 19.1 Å². The number of hydrogen-bond donors (Lipinski definition) is 2. The molecule has 0 aromatic carbocycles. The molecule has 1 saturated carbocycles. The van der Waals surface area contributed by atoms with Crippen LogP contribution in [-0.4, -0.2) is 48.3 Å². The van der Waals surface area contributed by atoms with Crippen molar-refractivity contribution in [2.24, 2.45) is 5.41 Å². The van der Waals surface area contributed by atoms with Gasteiger partial charge in [0.2, 0.25) is 0 Å². The van der Waals surface area contributed by atoms with E-state index in [9.17, 15) is 5.11 Å². The van der Waals surface area contributed by atoms with Crippen molar-refractivity contribution in [1.82, 2.24) is 10.2 Å².